The van der Waals surface area contributed by atoms with Gasteiger partial charge in [-0.1, -0.05) is 20.3 Å². The van der Waals surface area contributed by atoms with Crippen LogP contribution in [0.2, 0.25) is 0 Å². The molecule has 0 heterocycles. The largest absolute Gasteiger partial charge is 0.463 e. The van der Waals surface area contributed by atoms with E-state index in [1.807, 2.05) is 6.92 Å². The van der Waals surface area contributed by atoms with Gasteiger partial charge in [0.25, 0.3) is 0 Å². The quantitative estimate of drug-likeness (QED) is 0.565. The summed E-state index contributed by atoms with van der Waals surface area (Å²) in [7, 11) is 0. The van der Waals surface area contributed by atoms with Gasteiger partial charge in [-0.15, -0.1) is 0 Å². The summed E-state index contributed by atoms with van der Waals surface area (Å²) in [5, 5.41) is 0. The van der Waals surface area contributed by atoms with Crippen molar-refractivity contribution in [2.24, 2.45) is 0 Å². The van der Waals surface area contributed by atoms with Crippen molar-refractivity contribution in [2.75, 3.05) is 0 Å². The lowest BCUT2D eigenvalue weighted by Gasteiger charge is -2.10. The van der Waals surface area contributed by atoms with Gasteiger partial charge in [0.2, 0.25) is 0 Å². The van der Waals surface area contributed by atoms with E-state index < -0.39 is 0 Å². The summed E-state index contributed by atoms with van der Waals surface area (Å²) in [5.74, 6) is -0.0963. The molecule has 0 saturated heterocycles. The Bertz CT molecular complexity index is 99.4. The molecule has 1 atom stereocenters. The number of carbonyl (C=O) groups excluding carboxylic acids is 1. The minimum absolute atomic E-state index is 0.0949. The molecule has 0 unspecified atom stereocenters. The normalized spacial score (nSPS) is 12.7. The molecule has 0 fully saturated rings. The van der Waals surface area contributed by atoms with Crippen LogP contribution >= 0.6 is 0 Å². The first-order valence-corrected chi connectivity index (χ1v) is 3.90. The number of ether oxygens (including phenoxy) is 1. The van der Waals surface area contributed by atoms with Crippen molar-refractivity contribution in [3.8, 4) is 0 Å². The number of rotatable bonds is 4. The second-order valence-electron chi connectivity index (χ2n) is 2.44. The van der Waals surface area contributed by atoms with Gasteiger partial charge in [-0.25, -0.2) is 0 Å². The van der Waals surface area contributed by atoms with Crippen LogP contribution in [0.1, 0.15) is 40.0 Å². The smallest absolute Gasteiger partial charge is 0.305 e. The molecule has 0 aliphatic heterocycles. The highest BCUT2D eigenvalue weighted by Crippen LogP contribution is 2.01. The van der Waals surface area contributed by atoms with E-state index in [0.717, 1.165) is 12.8 Å². The maximum atomic E-state index is 10.7. The summed E-state index contributed by atoms with van der Waals surface area (Å²) in [4.78, 5) is 10.7. The molecule has 2 heteroatoms. The predicted octanol–water partition coefficient (Wildman–Crippen LogP) is 2.13. The van der Waals surface area contributed by atoms with Gasteiger partial charge < -0.3 is 4.74 Å². The summed E-state index contributed by atoms with van der Waals surface area (Å²) < 4.78 is 5.00. The predicted molar refractivity (Wildman–Crippen MR) is 40.8 cm³/mol. The zero-order chi connectivity index (χ0) is 7.98. The molecule has 0 aliphatic carbocycles. The SMILES string of the molecule is CCC[C@@H](C)OC(=O)CC. The highest BCUT2D eigenvalue weighted by Gasteiger charge is 2.04. The monoisotopic (exact) mass is 144 g/mol. The molecule has 0 aromatic carbocycles. The van der Waals surface area contributed by atoms with Crippen LogP contribution in [0.25, 0.3) is 0 Å². The Morgan fingerprint density at radius 2 is 2.10 bits per heavy atom. The maximum absolute atomic E-state index is 10.7. The standard InChI is InChI=1S/C8H16O2/c1-4-6-7(3)10-8(9)5-2/h7H,4-6H2,1-3H3/t7-/m1/s1. The van der Waals surface area contributed by atoms with E-state index >= 15 is 0 Å². The molecule has 0 radical (unpaired) electrons. The summed E-state index contributed by atoms with van der Waals surface area (Å²) in [5.41, 5.74) is 0. The van der Waals surface area contributed by atoms with E-state index in [1.54, 1.807) is 6.92 Å². The molecule has 2 nitrogen and oxygen atoms in total. The first kappa shape index (κ1) is 9.47. The molecule has 0 aromatic heterocycles. The van der Waals surface area contributed by atoms with Gasteiger partial charge in [0.05, 0.1) is 6.10 Å². The zero-order valence-electron chi connectivity index (χ0n) is 7.02. The number of carbonyl (C=O) groups is 1. The lowest BCUT2D eigenvalue weighted by atomic mass is 10.2. The van der Waals surface area contributed by atoms with E-state index in [1.165, 1.54) is 0 Å². The number of hydrogen-bond acceptors (Lipinski definition) is 2. The third-order valence-electron chi connectivity index (χ3n) is 1.32. The van der Waals surface area contributed by atoms with Gasteiger partial charge in [0.1, 0.15) is 0 Å². The molecule has 0 N–H and O–H groups in total. The van der Waals surface area contributed by atoms with Gasteiger partial charge >= 0.3 is 5.97 Å². The molecular weight excluding hydrogens is 128 g/mol. The molecule has 0 saturated carbocycles. The Morgan fingerprint density at radius 3 is 2.50 bits per heavy atom. The molecule has 0 bridgehead atoms. The van der Waals surface area contributed by atoms with Crippen molar-refractivity contribution in [3.63, 3.8) is 0 Å². The van der Waals surface area contributed by atoms with Gasteiger partial charge in [-0.2, -0.15) is 0 Å². The van der Waals surface area contributed by atoms with Gasteiger partial charge in [-0.3, -0.25) is 4.79 Å². The van der Waals surface area contributed by atoms with Crippen molar-refractivity contribution in [2.45, 2.75) is 46.1 Å². The fraction of sp³-hybridized carbons (Fsp3) is 0.875. The highest BCUT2D eigenvalue weighted by molar-refractivity contribution is 5.69. The molecule has 0 aliphatic rings. The first-order valence-electron chi connectivity index (χ1n) is 3.90. The molecule has 0 aromatic rings. The van der Waals surface area contributed by atoms with E-state index in [-0.39, 0.29) is 12.1 Å². The maximum Gasteiger partial charge on any atom is 0.305 e. The van der Waals surface area contributed by atoms with Crippen LogP contribution in [-0.4, -0.2) is 12.1 Å². The lowest BCUT2D eigenvalue weighted by molar-refractivity contribution is -0.148. The topological polar surface area (TPSA) is 26.3 Å². The zero-order valence-corrected chi connectivity index (χ0v) is 7.02. The van der Waals surface area contributed by atoms with Crippen LogP contribution < -0.4 is 0 Å². The second-order valence-corrected chi connectivity index (χ2v) is 2.44. The minimum Gasteiger partial charge on any atom is -0.463 e. The average molecular weight is 144 g/mol. The summed E-state index contributed by atoms with van der Waals surface area (Å²) in [6.45, 7) is 5.81. The molecule has 10 heavy (non-hydrogen) atoms. The average Bonchev–Trinajstić information content (AvgIpc) is 1.88. The Kier molecular flexibility index (Phi) is 4.99. The fourth-order valence-corrected chi connectivity index (χ4v) is 0.773. The van der Waals surface area contributed by atoms with E-state index in [9.17, 15) is 4.79 Å². The van der Waals surface area contributed by atoms with Crippen molar-refractivity contribution >= 4 is 5.97 Å². The van der Waals surface area contributed by atoms with Crippen LogP contribution in [0.5, 0.6) is 0 Å². The van der Waals surface area contributed by atoms with Crippen molar-refractivity contribution < 1.29 is 9.53 Å². The van der Waals surface area contributed by atoms with Gasteiger partial charge in [0.15, 0.2) is 0 Å². The Labute approximate surface area is 62.6 Å². The number of esters is 1. The molecule has 0 rings (SSSR count). The fourth-order valence-electron chi connectivity index (χ4n) is 0.773. The lowest BCUT2D eigenvalue weighted by Crippen LogP contribution is -2.13. The third kappa shape index (κ3) is 4.36. The minimum atomic E-state index is -0.0963. The van der Waals surface area contributed by atoms with E-state index in [2.05, 4.69) is 6.92 Å². The van der Waals surface area contributed by atoms with Crippen molar-refractivity contribution in [1.82, 2.24) is 0 Å². The second kappa shape index (κ2) is 5.27. The van der Waals surface area contributed by atoms with E-state index in [4.69, 9.17) is 4.74 Å². The third-order valence-corrected chi connectivity index (χ3v) is 1.32. The van der Waals surface area contributed by atoms with Crippen LogP contribution in [-0.2, 0) is 9.53 Å². The Balaban J connectivity index is 3.37. The Morgan fingerprint density at radius 1 is 1.50 bits per heavy atom. The molecule has 60 valence electrons. The first-order chi connectivity index (χ1) is 4.70. The summed E-state index contributed by atoms with van der Waals surface area (Å²) in [6.07, 6.45) is 2.61. The highest BCUT2D eigenvalue weighted by atomic mass is 16.5. The van der Waals surface area contributed by atoms with Gasteiger partial charge in [-0.05, 0) is 13.3 Å². The van der Waals surface area contributed by atoms with Crippen LogP contribution in [0.15, 0.2) is 0 Å². The molecule has 0 amide bonds. The molecular formula is C8H16O2. The Hall–Kier alpha value is -0.530. The van der Waals surface area contributed by atoms with Crippen molar-refractivity contribution in [1.29, 1.82) is 0 Å². The van der Waals surface area contributed by atoms with E-state index in [0.29, 0.717) is 6.42 Å². The van der Waals surface area contributed by atoms with Gasteiger partial charge in [0, 0.05) is 6.42 Å². The van der Waals surface area contributed by atoms with Crippen LogP contribution in [0.4, 0.5) is 0 Å². The van der Waals surface area contributed by atoms with Crippen LogP contribution in [0, 0.1) is 0 Å². The molecule has 0 spiro atoms. The summed E-state index contributed by atoms with van der Waals surface area (Å²) >= 11 is 0. The number of hydrogen-bond donors (Lipinski definition) is 0. The summed E-state index contributed by atoms with van der Waals surface area (Å²) in [6, 6.07) is 0. The van der Waals surface area contributed by atoms with Crippen molar-refractivity contribution in [3.05, 3.63) is 0 Å². The van der Waals surface area contributed by atoms with Crippen LogP contribution in [0.3, 0.4) is 0 Å².